The topological polar surface area (TPSA) is 17.1 Å². The van der Waals surface area contributed by atoms with Crippen molar-refractivity contribution in [2.24, 2.45) is 0 Å². The molecule has 2 aromatic carbocycles. The number of halogens is 2. The number of aryl methyl sites for hydroxylation is 1. The van der Waals surface area contributed by atoms with Crippen molar-refractivity contribution in [1.29, 1.82) is 0 Å². The number of ketones is 1. The van der Waals surface area contributed by atoms with Crippen molar-refractivity contribution in [3.8, 4) is 0 Å². The first-order valence-corrected chi connectivity index (χ1v) is 8.03. The van der Waals surface area contributed by atoms with Gasteiger partial charge in [-0.3, -0.25) is 4.79 Å². The molecule has 3 aromatic rings. The molecule has 0 aliphatic carbocycles. The third-order valence-electron chi connectivity index (χ3n) is 3.15. The molecule has 0 aliphatic rings. The summed E-state index contributed by atoms with van der Waals surface area (Å²) in [5.41, 5.74) is 1.64. The summed E-state index contributed by atoms with van der Waals surface area (Å²) in [4.78, 5) is 13.1. The Balaban J connectivity index is 2.05. The molecule has 1 nitrogen and oxygen atoms in total. The summed E-state index contributed by atoms with van der Waals surface area (Å²) in [6.45, 7) is 1.91. The van der Waals surface area contributed by atoms with Gasteiger partial charge in [0.05, 0.1) is 9.21 Å². The average molecular weight is 366 g/mol. The maximum absolute atomic E-state index is 12.5. The van der Waals surface area contributed by atoms with Crippen LogP contribution >= 0.6 is 38.9 Å². The van der Waals surface area contributed by atoms with Crippen LogP contribution in [-0.4, -0.2) is 5.78 Å². The van der Waals surface area contributed by atoms with Crippen molar-refractivity contribution >= 4 is 55.4 Å². The Kier molecular flexibility index (Phi) is 3.67. The van der Waals surface area contributed by atoms with E-state index >= 15 is 0 Å². The van der Waals surface area contributed by atoms with Gasteiger partial charge in [0.25, 0.3) is 0 Å². The van der Waals surface area contributed by atoms with E-state index in [4.69, 9.17) is 11.6 Å². The summed E-state index contributed by atoms with van der Waals surface area (Å²) in [5.74, 6) is 0.0230. The van der Waals surface area contributed by atoms with E-state index < -0.39 is 0 Å². The zero-order valence-corrected chi connectivity index (χ0v) is 13.8. The molecular formula is C16H10BrClOS. The van der Waals surface area contributed by atoms with Gasteiger partial charge in [0, 0.05) is 10.0 Å². The molecule has 0 saturated heterocycles. The van der Waals surface area contributed by atoms with Gasteiger partial charge in [-0.05, 0) is 47.5 Å². The van der Waals surface area contributed by atoms with Gasteiger partial charge in [-0.15, -0.1) is 11.3 Å². The Labute approximate surface area is 134 Å². The molecule has 0 radical (unpaired) electrons. The lowest BCUT2D eigenvalue weighted by atomic mass is 10.0. The highest BCUT2D eigenvalue weighted by Crippen LogP contribution is 2.29. The van der Waals surface area contributed by atoms with E-state index in [1.54, 1.807) is 0 Å². The summed E-state index contributed by atoms with van der Waals surface area (Å²) in [7, 11) is 0. The number of hydrogen-bond donors (Lipinski definition) is 0. The summed E-state index contributed by atoms with van der Waals surface area (Å²) >= 11 is 10.8. The van der Waals surface area contributed by atoms with Crippen molar-refractivity contribution < 1.29 is 4.79 Å². The Morgan fingerprint density at radius 3 is 2.50 bits per heavy atom. The predicted octanol–water partition coefficient (Wildman–Crippen LogP) is 5.86. The van der Waals surface area contributed by atoms with E-state index in [0.717, 1.165) is 20.8 Å². The molecule has 3 rings (SSSR count). The minimum absolute atomic E-state index is 0.0230. The quantitative estimate of drug-likeness (QED) is 0.520. The molecule has 100 valence electrons. The molecule has 0 saturated carbocycles. The molecule has 4 heteroatoms. The fraction of sp³-hybridized carbons (Fsp3) is 0.0625. The van der Waals surface area contributed by atoms with Gasteiger partial charge in [-0.25, -0.2) is 0 Å². The number of hydrogen-bond acceptors (Lipinski definition) is 2. The van der Waals surface area contributed by atoms with E-state index in [1.165, 1.54) is 11.3 Å². The lowest BCUT2D eigenvalue weighted by Crippen LogP contribution is -1.98. The monoisotopic (exact) mass is 364 g/mol. The number of thiophene rings is 1. The maximum Gasteiger partial charge on any atom is 0.203 e. The molecular weight excluding hydrogens is 356 g/mol. The fourth-order valence-corrected chi connectivity index (χ4v) is 3.61. The van der Waals surface area contributed by atoms with Crippen LogP contribution in [0.2, 0.25) is 4.34 Å². The summed E-state index contributed by atoms with van der Waals surface area (Å²) in [6.07, 6.45) is 0. The van der Waals surface area contributed by atoms with Crippen LogP contribution in [0.3, 0.4) is 0 Å². The van der Waals surface area contributed by atoms with Gasteiger partial charge in [0.1, 0.15) is 0 Å². The Morgan fingerprint density at radius 2 is 1.80 bits per heavy atom. The maximum atomic E-state index is 12.5. The second-order valence-corrected chi connectivity index (χ2v) is 7.17. The number of carbonyl (C=O) groups excluding carboxylic acids is 1. The number of rotatable bonds is 2. The van der Waals surface area contributed by atoms with Gasteiger partial charge in [0.15, 0.2) is 0 Å². The van der Waals surface area contributed by atoms with Crippen molar-refractivity contribution in [3.63, 3.8) is 0 Å². The first-order chi connectivity index (χ1) is 9.54. The molecule has 0 fully saturated rings. The number of benzene rings is 2. The fourth-order valence-electron chi connectivity index (χ4n) is 2.07. The molecule has 0 N–H and O–H groups in total. The third-order valence-corrected chi connectivity index (χ3v) is 5.19. The van der Waals surface area contributed by atoms with Crippen LogP contribution in [0.25, 0.3) is 10.8 Å². The second kappa shape index (κ2) is 5.32. The molecule has 0 amide bonds. The summed E-state index contributed by atoms with van der Waals surface area (Å²) in [6, 6.07) is 13.6. The van der Waals surface area contributed by atoms with Gasteiger partial charge in [-0.1, -0.05) is 45.7 Å². The minimum atomic E-state index is 0.0230. The lowest BCUT2D eigenvalue weighted by Gasteiger charge is -2.02. The molecule has 20 heavy (non-hydrogen) atoms. The van der Waals surface area contributed by atoms with Crippen LogP contribution in [0.5, 0.6) is 0 Å². The van der Waals surface area contributed by atoms with Crippen LogP contribution in [-0.2, 0) is 0 Å². The number of fused-ring (bicyclic) bond motifs is 1. The van der Waals surface area contributed by atoms with Crippen molar-refractivity contribution in [2.75, 3.05) is 0 Å². The zero-order valence-electron chi connectivity index (χ0n) is 10.6. The Hall–Kier alpha value is -1.16. The molecule has 1 heterocycles. The average Bonchev–Trinajstić information content (AvgIpc) is 2.77. The van der Waals surface area contributed by atoms with Gasteiger partial charge < -0.3 is 0 Å². The summed E-state index contributed by atoms with van der Waals surface area (Å²) in [5, 5.41) is 2.16. The predicted molar refractivity (Wildman–Crippen MR) is 89.1 cm³/mol. The van der Waals surface area contributed by atoms with Crippen LogP contribution in [0.1, 0.15) is 20.8 Å². The second-order valence-electron chi connectivity index (χ2n) is 4.60. The van der Waals surface area contributed by atoms with E-state index in [2.05, 4.69) is 15.9 Å². The lowest BCUT2D eigenvalue weighted by molar-refractivity contribution is 0.104. The standard InChI is InChI=1S/C16H10BrClOS/c1-9-6-14(20-16(9)18)15(19)12-3-2-11-8-13(17)5-4-10(11)7-12/h2-8H,1H3. The normalized spacial score (nSPS) is 10.9. The summed E-state index contributed by atoms with van der Waals surface area (Å²) < 4.78 is 1.71. The molecule has 1 aromatic heterocycles. The van der Waals surface area contributed by atoms with Crippen molar-refractivity contribution in [2.45, 2.75) is 6.92 Å². The first-order valence-electron chi connectivity index (χ1n) is 6.04. The van der Waals surface area contributed by atoms with Crippen LogP contribution in [0.4, 0.5) is 0 Å². The molecule has 0 atom stereocenters. The minimum Gasteiger partial charge on any atom is -0.288 e. The van der Waals surface area contributed by atoms with E-state index in [1.807, 2.05) is 49.4 Å². The van der Waals surface area contributed by atoms with Crippen LogP contribution < -0.4 is 0 Å². The highest BCUT2D eigenvalue weighted by atomic mass is 79.9. The van der Waals surface area contributed by atoms with Crippen molar-refractivity contribution in [3.05, 3.63) is 67.3 Å². The third kappa shape index (κ3) is 2.53. The van der Waals surface area contributed by atoms with E-state index in [-0.39, 0.29) is 5.78 Å². The smallest absolute Gasteiger partial charge is 0.203 e. The van der Waals surface area contributed by atoms with E-state index in [9.17, 15) is 4.79 Å². The van der Waals surface area contributed by atoms with Gasteiger partial charge in [0.2, 0.25) is 5.78 Å². The molecule has 0 aliphatic heterocycles. The number of carbonyl (C=O) groups is 1. The molecule has 0 unspecified atom stereocenters. The van der Waals surface area contributed by atoms with Gasteiger partial charge >= 0.3 is 0 Å². The largest absolute Gasteiger partial charge is 0.288 e. The highest BCUT2D eigenvalue weighted by Gasteiger charge is 2.14. The highest BCUT2D eigenvalue weighted by molar-refractivity contribution is 9.10. The van der Waals surface area contributed by atoms with Crippen LogP contribution in [0, 0.1) is 6.92 Å². The Morgan fingerprint density at radius 1 is 1.10 bits per heavy atom. The zero-order chi connectivity index (χ0) is 14.3. The SMILES string of the molecule is Cc1cc(C(=O)c2ccc3cc(Br)ccc3c2)sc1Cl. The Bertz CT molecular complexity index is 803. The van der Waals surface area contributed by atoms with E-state index in [0.29, 0.717) is 14.8 Å². The van der Waals surface area contributed by atoms with Gasteiger partial charge in [-0.2, -0.15) is 0 Å². The first kappa shape index (κ1) is 13.8. The molecule has 0 spiro atoms. The molecule has 0 bridgehead atoms. The van der Waals surface area contributed by atoms with Crippen molar-refractivity contribution in [1.82, 2.24) is 0 Å². The van der Waals surface area contributed by atoms with Crippen LogP contribution in [0.15, 0.2) is 46.9 Å².